The van der Waals surface area contributed by atoms with Crippen molar-refractivity contribution in [1.29, 1.82) is 0 Å². The van der Waals surface area contributed by atoms with Gasteiger partial charge in [0.2, 0.25) is 0 Å². The molecular formula is C18H18Cl2N4OS2. The molecule has 5 heterocycles. The fraction of sp³-hybridized carbons (Fsp3) is 0.278. The maximum Gasteiger partial charge on any atom is 0.270 e. The van der Waals surface area contributed by atoms with E-state index in [2.05, 4.69) is 21.9 Å². The molecule has 0 bridgehead atoms. The molecule has 5 rings (SSSR count). The second-order valence-corrected chi connectivity index (χ2v) is 9.84. The summed E-state index contributed by atoms with van der Waals surface area (Å²) in [5.41, 5.74) is 2.74. The summed E-state index contributed by atoms with van der Waals surface area (Å²) in [5.74, 6) is 0.0858. The van der Waals surface area contributed by atoms with Crippen LogP contribution in [0.2, 0.25) is 8.67 Å². The standard InChI is InChI=1S/C12H14ClN3OS.C6H4ClNS/c1-15-2-4-16(5-3-15)12(17)9-6-10-8(14-9)7-11(13)18-10;7-6-3-4-5(9-6)1-2-8-4/h6-7,14H,2-5H2,1H3;1-3,8H. The highest BCUT2D eigenvalue weighted by molar-refractivity contribution is 7.23. The Kier molecular flexibility index (Phi) is 5.48. The first-order valence-corrected chi connectivity index (χ1v) is 10.9. The lowest BCUT2D eigenvalue weighted by molar-refractivity contribution is 0.0659. The minimum atomic E-state index is 0.0858. The Labute approximate surface area is 174 Å². The number of aromatic amines is 2. The number of halogens is 2. The van der Waals surface area contributed by atoms with Crippen LogP contribution in [0.1, 0.15) is 10.5 Å². The zero-order chi connectivity index (χ0) is 19.0. The van der Waals surface area contributed by atoms with Crippen LogP contribution in [-0.4, -0.2) is 58.9 Å². The van der Waals surface area contributed by atoms with Crippen molar-refractivity contribution in [3.8, 4) is 0 Å². The molecule has 5 nitrogen and oxygen atoms in total. The number of nitrogens with zero attached hydrogens (tertiary/aromatic N) is 2. The maximum absolute atomic E-state index is 12.3. The number of hydrogen-bond acceptors (Lipinski definition) is 4. The Balaban J connectivity index is 0.000000167. The van der Waals surface area contributed by atoms with Gasteiger partial charge in [0.05, 0.1) is 29.1 Å². The fourth-order valence-electron chi connectivity index (χ4n) is 3.00. The summed E-state index contributed by atoms with van der Waals surface area (Å²) < 4.78 is 3.85. The third-order valence-electron chi connectivity index (χ3n) is 4.50. The molecule has 1 fully saturated rings. The van der Waals surface area contributed by atoms with Crippen LogP contribution in [0.4, 0.5) is 0 Å². The van der Waals surface area contributed by atoms with E-state index in [1.807, 2.05) is 35.4 Å². The van der Waals surface area contributed by atoms with Gasteiger partial charge in [-0.3, -0.25) is 4.79 Å². The number of carbonyl (C=O) groups is 1. The second-order valence-electron chi connectivity index (χ2n) is 6.41. The van der Waals surface area contributed by atoms with Crippen LogP contribution in [0.15, 0.2) is 30.5 Å². The van der Waals surface area contributed by atoms with Crippen molar-refractivity contribution in [1.82, 2.24) is 19.8 Å². The van der Waals surface area contributed by atoms with Crippen LogP contribution in [0, 0.1) is 0 Å². The molecule has 0 aliphatic carbocycles. The molecule has 4 aromatic heterocycles. The van der Waals surface area contributed by atoms with Crippen LogP contribution in [0.3, 0.4) is 0 Å². The van der Waals surface area contributed by atoms with E-state index < -0.39 is 0 Å². The molecule has 0 atom stereocenters. The minimum absolute atomic E-state index is 0.0858. The predicted octanol–water partition coefficient (Wildman–Crippen LogP) is 5.15. The lowest BCUT2D eigenvalue weighted by atomic mass is 10.3. The number of aromatic nitrogens is 2. The van der Waals surface area contributed by atoms with Gasteiger partial charge in [0.25, 0.3) is 5.91 Å². The monoisotopic (exact) mass is 440 g/mol. The van der Waals surface area contributed by atoms with Gasteiger partial charge in [-0.15, -0.1) is 22.7 Å². The normalized spacial score (nSPS) is 15.3. The average molecular weight is 441 g/mol. The number of H-pyrrole nitrogens is 2. The Bertz CT molecular complexity index is 1010. The van der Waals surface area contributed by atoms with E-state index in [0.29, 0.717) is 5.69 Å². The highest BCUT2D eigenvalue weighted by Gasteiger charge is 2.22. The minimum Gasteiger partial charge on any atom is -0.360 e. The molecule has 142 valence electrons. The van der Waals surface area contributed by atoms with Crippen molar-refractivity contribution in [2.24, 2.45) is 0 Å². The van der Waals surface area contributed by atoms with Gasteiger partial charge >= 0.3 is 0 Å². The van der Waals surface area contributed by atoms with Gasteiger partial charge in [-0.05, 0) is 31.3 Å². The van der Waals surface area contributed by atoms with Crippen molar-refractivity contribution in [3.63, 3.8) is 0 Å². The summed E-state index contributed by atoms with van der Waals surface area (Å²) in [4.78, 5) is 22.7. The third-order valence-corrected chi connectivity index (χ3v) is 6.94. The number of piperazine rings is 1. The van der Waals surface area contributed by atoms with Crippen LogP contribution in [0.25, 0.3) is 20.4 Å². The number of likely N-dealkylation sites (N-methyl/N-ethyl adjacent to an activating group) is 1. The molecule has 4 aromatic rings. The molecule has 1 saturated heterocycles. The van der Waals surface area contributed by atoms with Crippen molar-refractivity contribution < 1.29 is 4.79 Å². The third kappa shape index (κ3) is 4.17. The van der Waals surface area contributed by atoms with Gasteiger partial charge < -0.3 is 19.8 Å². The molecule has 27 heavy (non-hydrogen) atoms. The zero-order valence-electron chi connectivity index (χ0n) is 14.6. The van der Waals surface area contributed by atoms with E-state index in [9.17, 15) is 4.79 Å². The number of thiophene rings is 2. The zero-order valence-corrected chi connectivity index (χ0v) is 17.7. The molecule has 1 amide bonds. The molecule has 1 aliphatic heterocycles. The Morgan fingerprint density at radius 1 is 1.00 bits per heavy atom. The van der Waals surface area contributed by atoms with Gasteiger partial charge in [-0.25, -0.2) is 0 Å². The summed E-state index contributed by atoms with van der Waals surface area (Å²) in [5, 5.41) is 0. The van der Waals surface area contributed by atoms with Crippen molar-refractivity contribution >= 4 is 72.2 Å². The Morgan fingerprint density at radius 2 is 1.67 bits per heavy atom. The lowest BCUT2D eigenvalue weighted by Crippen LogP contribution is -2.47. The van der Waals surface area contributed by atoms with Crippen LogP contribution >= 0.6 is 45.9 Å². The largest absolute Gasteiger partial charge is 0.360 e. The summed E-state index contributed by atoms with van der Waals surface area (Å²) in [6, 6.07) is 7.71. The number of carbonyl (C=O) groups excluding carboxylic acids is 1. The van der Waals surface area contributed by atoms with E-state index in [0.717, 1.165) is 50.6 Å². The summed E-state index contributed by atoms with van der Waals surface area (Å²) in [6.45, 7) is 3.46. The number of fused-ring (bicyclic) bond motifs is 2. The summed E-state index contributed by atoms with van der Waals surface area (Å²) in [7, 11) is 2.08. The first kappa shape index (κ1) is 18.8. The van der Waals surface area contributed by atoms with E-state index in [1.54, 1.807) is 11.3 Å². The van der Waals surface area contributed by atoms with Crippen LogP contribution in [0.5, 0.6) is 0 Å². The lowest BCUT2D eigenvalue weighted by Gasteiger charge is -2.32. The molecule has 2 N–H and O–H groups in total. The first-order chi connectivity index (χ1) is 13.0. The van der Waals surface area contributed by atoms with E-state index in [1.165, 1.54) is 16.0 Å². The predicted molar refractivity (Wildman–Crippen MR) is 116 cm³/mol. The molecule has 0 radical (unpaired) electrons. The number of hydrogen-bond donors (Lipinski definition) is 2. The van der Waals surface area contributed by atoms with E-state index in [4.69, 9.17) is 23.2 Å². The van der Waals surface area contributed by atoms with Gasteiger partial charge in [0.15, 0.2) is 0 Å². The molecule has 1 aliphatic rings. The highest BCUT2D eigenvalue weighted by atomic mass is 35.5. The first-order valence-electron chi connectivity index (χ1n) is 8.48. The summed E-state index contributed by atoms with van der Waals surface area (Å²) >= 11 is 14.7. The van der Waals surface area contributed by atoms with Gasteiger partial charge in [0.1, 0.15) is 5.69 Å². The Morgan fingerprint density at radius 3 is 2.33 bits per heavy atom. The molecule has 0 unspecified atom stereocenters. The van der Waals surface area contributed by atoms with Crippen molar-refractivity contribution in [2.75, 3.05) is 33.2 Å². The van der Waals surface area contributed by atoms with E-state index >= 15 is 0 Å². The van der Waals surface area contributed by atoms with Crippen LogP contribution in [-0.2, 0) is 0 Å². The average Bonchev–Trinajstić information content (AvgIpc) is 3.35. The number of amides is 1. The van der Waals surface area contributed by atoms with Crippen molar-refractivity contribution in [2.45, 2.75) is 0 Å². The molecule has 9 heteroatoms. The maximum atomic E-state index is 12.3. The Hall–Kier alpha value is -1.51. The SMILES string of the molecule is CN1CCN(C(=O)c2cc3sc(Cl)cc3[nH]2)CC1.Clc1cc2[nH]ccc2s1. The highest BCUT2D eigenvalue weighted by Crippen LogP contribution is 2.30. The second kappa shape index (κ2) is 7.85. The van der Waals surface area contributed by atoms with Crippen LogP contribution < -0.4 is 0 Å². The molecular weight excluding hydrogens is 423 g/mol. The topological polar surface area (TPSA) is 55.1 Å². The van der Waals surface area contributed by atoms with Gasteiger partial charge in [-0.2, -0.15) is 0 Å². The number of nitrogens with one attached hydrogen (secondary N) is 2. The van der Waals surface area contributed by atoms with Gasteiger partial charge in [0, 0.05) is 32.4 Å². The number of rotatable bonds is 1. The molecule has 0 spiro atoms. The molecule has 0 aromatic carbocycles. The smallest absolute Gasteiger partial charge is 0.270 e. The quantitative estimate of drug-likeness (QED) is 0.429. The fourth-order valence-corrected chi connectivity index (χ4v) is 5.26. The molecule has 0 saturated carbocycles. The van der Waals surface area contributed by atoms with Crippen molar-refractivity contribution in [3.05, 3.63) is 44.8 Å². The van der Waals surface area contributed by atoms with Gasteiger partial charge in [-0.1, -0.05) is 23.2 Å². The van der Waals surface area contributed by atoms with E-state index in [-0.39, 0.29) is 5.91 Å². The summed E-state index contributed by atoms with van der Waals surface area (Å²) in [6.07, 6.45) is 1.91.